The highest BCUT2D eigenvalue weighted by Gasteiger charge is 2.37. The van der Waals surface area contributed by atoms with E-state index in [9.17, 15) is 14.7 Å². The van der Waals surface area contributed by atoms with Crippen molar-refractivity contribution in [2.75, 3.05) is 0 Å². The van der Waals surface area contributed by atoms with Crippen molar-refractivity contribution in [2.45, 2.75) is 12.5 Å². The molecule has 0 saturated carbocycles. The summed E-state index contributed by atoms with van der Waals surface area (Å²) in [6.07, 6.45) is 1.36. The number of carboxylic acids is 1. The van der Waals surface area contributed by atoms with E-state index >= 15 is 0 Å². The largest absolute Gasteiger partial charge is 0.479 e. The Balaban J connectivity index is 2.01. The zero-order valence-electron chi connectivity index (χ0n) is 12.4. The molecule has 0 unspecified atom stereocenters. The van der Waals surface area contributed by atoms with Crippen molar-refractivity contribution >= 4 is 22.6 Å². The Labute approximate surface area is 132 Å². The normalized spacial score (nSPS) is 13.4. The Morgan fingerprint density at radius 1 is 1.04 bits per heavy atom. The number of benzene rings is 2. The number of carbonyl (C=O) groups excluding carboxylic acids is 1. The fraction of sp³-hybridized carbons (Fsp3) is 0.111. The Morgan fingerprint density at radius 2 is 1.78 bits per heavy atom. The summed E-state index contributed by atoms with van der Waals surface area (Å²) < 4.78 is 5.02. The van der Waals surface area contributed by atoms with Crippen molar-refractivity contribution in [1.82, 2.24) is 5.32 Å². The maximum Gasteiger partial charge on any atom is 0.333 e. The molecule has 0 radical (unpaired) electrons. The molecule has 0 aliphatic heterocycles. The van der Waals surface area contributed by atoms with Gasteiger partial charge in [0, 0.05) is 0 Å². The first-order valence-corrected chi connectivity index (χ1v) is 7.09. The van der Waals surface area contributed by atoms with E-state index in [4.69, 9.17) is 4.42 Å². The maximum atomic E-state index is 12.2. The summed E-state index contributed by atoms with van der Waals surface area (Å²) in [4.78, 5) is 24.0. The van der Waals surface area contributed by atoms with Crippen molar-refractivity contribution in [3.05, 3.63) is 72.2 Å². The van der Waals surface area contributed by atoms with Crippen LogP contribution in [0.25, 0.3) is 10.8 Å². The summed E-state index contributed by atoms with van der Waals surface area (Å²) in [5.74, 6) is -1.65. The molecule has 2 N–H and O–H groups in total. The number of carbonyl (C=O) groups is 2. The number of hydrogen-bond acceptors (Lipinski definition) is 3. The van der Waals surface area contributed by atoms with Crippen LogP contribution in [0.2, 0.25) is 0 Å². The molecule has 1 amide bonds. The van der Waals surface area contributed by atoms with Gasteiger partial charge in [-0.25, -0.2) is 4.79 Å². The Morgan fingerprint density at radius 3 is 2.43 bits per heavy atom. The molecule has 0 aliphatic carbocycles. The topological polar surface area (TPSA) is 79.5 Å². The number of rotatable bonds is 4. The van der Waals surface area contributed by atoms with Crippen molar-refractivity contribution in [3.63, 3.8) is 0 Å². The van der Waals surface area contributed by atoms with Gasteiger partial charge in [0.25, 0.3) is 5.91 Å². The van der Waals surface area contributed by atoms with E-state index in [0.717, 1.165) is 10.8 Å². The Kier molecular flexibility index (Phi) is 3.62. The first kappa shape index (κ1) is 14.8. The highest BCUT2D eigenvalue weighted by molar-refractivity contribution is 5.96. The lowest BCUT2D eigenvalue weighted by Gasteiger charge is -2.26. The van der Waals surface area contributed by atoms with Gasteiger partial charge in [-0.1, -0.05) is 36.4 Å². The van der Waals surface area contributed by atoms with Crippen LogP contribution >= 0.6 is 0 Å². The predicted molar refractivity (Wildman–Crippen MR) is 85.1 cm³/mol. The fourth-order valence-electron chi connectivity index (χ4n) is 2.45. The minimum Gasteiger partial charge on any atom is -0.479 e. The van der Waals surface area contributed by atoms with Crippen LogP contribution in [-0.2, 0) is 10.3 Å². The van der Waals surface area contributed by atoms with Gasteiger partial charge in [-0.2, -0.15) is 0 Å². The molecule has 1 aromatic heterocycles. The van der Waals surface area contributed by atoms with Crippen LogP contribution in [0.1, 0.15) is 23.0 Å². The van der Waals surface area contributed by atoms with E-state index in [1.165, 1.54) is 19.3 Å². The number of amides is 1. The van der Waals surface area contributed by atoms with E-state index < -0.39 is 17.4 Å². The third-order valence-electron chi connectivity index (χ3n) is 3.86. The van der Waals surface area contributed by atoms with Gasteiger partial charge in [-0.3, -0.25) is 4.79 Å². The van der Waals surface area contributed by atoms with Gasteiger partial charge in [0.05, 0.1) is 6.26 Å². The van der Waals surface area contributed by atoms with Gasteiger partial charge in [0.2, 0.25) is 0 Å². The van der Waals surface area contributed by atoms with Crippen LogP contribution < -0.4 is 5.32 Å². The van der Waals surface area contributed by atoms with Crippen LogP contribution in [0.3, 0.4) is 0 Å². The smallest absolute Gasteiger partial charge is 0.333 e. The van der Waals surface area contributed by atoms with Crippen molar-refractivity contribution in [1.29, 1.82) is 0 Å². The predicted octanol–water partition coefficient (Wildman–Crippen LogP) is 3.16. The number of nitrogens with one attached hydrogen (secondary N) is 1. The van der Waals surface area contributed by atoms with Crippen LogP contribution in [0.15, 0.2) is 65.3 Å². The summed E-state index contributed by atoms with van der Waals surface area (Å²) >= 11 is 0. The molecule has 23 heavy (non-hydrogen) atoms. The van der Waals surface area contributed by atoms with Crippen LogP contribution in [0.4, 0.5) is 0 Å². The fourth-order valence-corrected chi connectivity index (χ4v) is 2.45. The second kappa shape index (κ2) is 5.61. The summed E-state index contributed by atoms with van der Waals surface area (Å²) in [6, 6.07) is 16.0. The molecule has 5 heteroatoms. The van der Waals surface area contributed by atoms with E-state index in [1.807, 2.05) is 30.3 Å². The molecule has 116 valence electrons. The average Bonchev–Trinajstić information content (AvgIpc) is 3.08. The second-order valence-corrected chi connectivity index (χ2v) is 5.42. The zero-order valence-corrected chi connectivity index (χ0v) is 12.4. The van der Waals surface area contributed by atoms with Gasteiger partial charge in [0.1, 0.15) is 0 Å². The molecule has 0 aliphatic rings. The standard InChI is InChI=1S/C18H15NO4/c1-18(17(21)22,19-16(20)15-7-4-10-23-15)14-9-8-12-5-2-3-6-13(12)11-14/h2-11H,1H3,(H,19,20)(H,21,22)/t18-/m1/s1. The number of hydrogen-bond donors (Lipinski definition) is 2. The second-order valence-electron chi connectivity index (χ2n) is 5.42. The third kappa shape index (κ3) is 2.68. The van der Waals surface area contributed by atoms with Crippen molar-refractivity contribution in [2.24, 2.45) is 0 Å². The van der Waals surface area contributed by atoms with Gasteiger partial charge < -0.3 is 14.8 Å². The lowest BCUT2D eigenvalue weighted by Crippen LogP contribution is -2.49. The molecule has 0 saturated heterocycles. The number of carboxylic acid groups (broad SMARTS) is 1. The van der Waals surface area contributed by atoms with E-state index in [1.54, 1.807) is 18.2 Å². The molecule has 1 heterocycles. The van der Waals surface area contributed by atoms with Crippen LogP contribution in [0, 0.1) is 0 Å². The molecule has 0 fully saturated rings. The molecular formula is C18H15NO4. The lowest BCUT2D eigenvalue weighted by molar-refractivity contribution is -0.144. The first-order chi connectivity index (χ1) is 11.0. The number of aliphatic carboxylic acids is 1. The first-order valence-electron chi connectivity index (χ1n) is 7.09. The number of furan rings is 1. The van der Waals surface area contributed by atoms with Crippen LogP contribution in [0.5, 0.6) is 0 Å². The van der Waals surface area contributed by atoms with Gasteiger partial charge in [-0.05, 0) is 41.5 Å². The van der Waals surface area contributed by atoms with E-state index in [2.05, 4.69) is 5.32 Å². The molecule has 0 bridgehead atoms. The van der Waals surface area contributed by atoms with Crippen LogP contribution in [-0.4, -0.2) is 17.0 Å². The van der Waals surface area contributed by atoms with E-state index in [0.29, 0.717) is 5.56 Å². The highest BCUT2D eigenvalue weighted by Crippen LogP contribution is 2.26. The number of fused-ring (bicyclic) bond motifs is 1. The Bertz CT molecular complexity index is 870. The Hall–Kier alpha value is -3.08. The quantitative estimate of drug-likeness (QED) is 0.776. The molecule has 5 nitrogen and oxygen atoms in total. The zero-order chi connectivity index (χ0) is 16.4. The van der Waals surface area contributed by atoms with E-state index in [-0.39, 0.29) is 5.76 Å². The van der Waals surface area contributed by atoms with Gasteiger partial charge >= 0.3 is 5.97 Å². The minimum atomic E-state index is -1.56. The van der Waals surface area contributed by atoms with Crippen molar-refractivity contribution in [3.8, 4) is 0 Å². The molecule has 0 spiro atoms. The summed E-state index contributed by atoms with van der Waals surface area (Å²) in [7, 11) is 0. The third-order valence-corrected chi connectivity index (χ3v) is 3.86. The maximum absolute atomic E-state index is 12.2. The molecule has 3 rings (SSSR count). The van der Waals surface area contributed by atoms with Crippen molar-refractivity contribution < 1.29 is 19.1 Å². The molecule has 3 aromatic rings. The summed E-state index contributed by atoms with van der Waals surface area (Å²) in [6.45, 7) is 1.46. The minimum absolute atomic E-state index is 0.0678. The monoisotopic (exact) mass is 309 g/mol. The lowest BCUT2D eigenvalue weighted by atomic mass is 9.90. The summed E-state index contributed by atoms with van der Waals surface area (Å²) in [5.41, 5.74) is -1.07. The highest BCUT2D eigenvalue weighted by atomic mass is 16.4. The molecular weight excluding hydrogens is 294 g/mol. The summed E-state index contributed by atoms with van der Waals surface area (Å²) in [5, 5.41) is 14.1. The molecule has 1 atom stereocenters. The SMILES string of the molecule is C[C@](NC(=O)c1ccco1)(C(=O)O)c1ccc2ccccc2c1. The average molecular weight is 309 g/mol. The van der Waals surface area contributed by atoms with Gasteiger partial charge in [-0.15, -0.1) is 0 Å². The van der Waals surface area contributed by atoms with Gasteiger partial charge in [0.15, 0.2) is 11.3 Å². The molecule has 2 aromatic carbocycles.